The maximum atomic E-state index is 13.1. The van der Waals surface area contributed by atoms with E-state index in [2.05, 4.69) is 17.4 Å². The second kappa shape index (κ2) is 8.26. The number of benzene rings is 3. The highest BCUT2D eigenvalue weighted by atomic mass is 19.1. The van der Waals surface area contributed by atoms with Crippen molar-refractivity contribution < 1.29 is 13.9 Å². The summed E-state index contributed by atoms with van der Waals surface area (Å²) in [5.41, 5.74) is 3.86. The minimum absolute atomic E-state index is 0.0163. The van der Waals surface area contributed by atoms with Crippen LogP contribution < -0.4 is 10.1 Å². The molecule has 3 aromatic rings. The Labute approximate surface area is 164 Å². The fraction of sp³-hybridized carbons (Fsp3) is 0.208. The lowest BCUT2D eigenvalue weighted by atomic mass is 9.87. The largest absolute Gasteiger partial charge is 0.488 e. The molecule has 1 unspecified atom stereocenters. The molecule has 3 nitrogen and oxygen atoms in total. The van der Waals surface area contributed by atoms with E-state index in [4.69, 9.17) is 4.74 Å². The molecule has 0 aromatic heterocycles. The molecular formula is C24H22FNO2. The molecular weight excluding hydrogens is 353 g/mol. The number of aryl methyl sites for hydroxylation is 1. The predicted octanol–water partition coefficient (Wildman–Crippen LogP) is 5.21. The van der Waals surface area contributed by atoms with Gasteiger partial charge >= 0.3 is 0 Å². The van der Waals surface area contributed by atoms with E-state index in [0.717, 1.165) is 24.8 Å². The second-order valence-electron chi connectivity index (χ2n) is 7.03. The first-order chi connectivity index (χ1) is 13.7. The summed E-state index contributed by atoms with van der Waals surface area (Å²) in [5, 5.41) is 3.17. The third-order valence-electron chi connectivity index (χ3n) is 5.11. The van der Waals surface area contributed by atoms with Gasteiger partial charge in [-0.3, -0.25) is 4.79 Å². The molecule has 1 atom stereocenters. The van der Waals surface area contributed by atoms with E-state index < -0.39 is 0 Å². The van der Waals surface area contributed by atoms with Gasteiger partial charge in [-0.2, -0.15) is 0 Å². The molecule has 28 heavy (non-hydrogen) atoms. The fourth-order valence-electron chi connectivity index (χ4n) is 3.66. The Morgan fingerprint density at radius 2 is 1.75 bits per heavy atom. The first-order valence-corrected chi connectivity index (χ1v) is 9.55. The van der Waals surface area contributed by atoms with Crippen molar-refractivity contribution in [3.8, 4) is 5.75 Å². The van der Waals surface area contributed by atoms with E-state index in [1.165, 1.54) is 23.3 Å². The number of amides is 1. The molecule has 0 radical (unpaired) electrons. The first-order valence-electron chi connectivity index (χ1n) is 9.55. The minimum atomic E-state index is -0.281. The van der Waals surface area contributed by atoms with E-state index in [9.17, 15) is 9.18 Å². The summed E-state index contributed by atoms with van der Waals surface area (Å²) < 4.78 is 18.9. The predicted molar refractivity (Wildman–Crippen MR) is 107 cm³/mol. The van der Waals surface area contributed by atoms with Crippen molar-refractivity contribution in [1.82, 2.24) is 5.32 Å². The summed E-state index contributed by atoms with van der Waals surface area (Å²) in [6.07, 6.45) is 3.05. The van der Waals surface area contributed by atoms with Crippen LogP contribution in [0.25, 0.3) is 0 Å². The lowest BCUT2D eigenvalue weighted by molar-refractivity contribution is 0.0928. The number of halogens is 1. The Bertz CT molecular complexity index is 968. The van der Waals surface area contributed by atoms with Gasteiger partial charge in [0.05, 0.1) is 11.6 Å². The van der Waals surface area contributed by atoms with Crippen molar-refractivity contribution in [1.29, 1.82) is 0 Å². The number of ether oxygens (including phenoxy) is 1. The van der Waals surface area contributed by atoms with Crippen LogP contribution in [0.15, 0.2) is 72.8 Å². The van der Waals surface area contributed by atoms with Gasteiger partial charge in [-0.1, -0.05) is 48.5 Å². The monoisotopic (exact) mass is 375 g/mol. The van der Waals surface area contributed by atoms with Gasteiger partial charge in [-0.15, -0.1) is 0 Å². The van der Waals surface area contributed by atoms with Crippen molar-refractivity contribution in [3.63, 3.8) is 0 Å². The molecule has 1 N–H and O–H groups in total. The Morgan fingerprint density at radius 3 is 2.61 bits per heavy atom. The van der Waals surface area contributed by atoms with E-state index in [0.29, 0.717) is 11.3 Å². The summed E-state index contributed by atoms with van der Waals surface area (Å²) in [6, 6.07) is 21.7. The number of carbonyl (C=O) groups excluding carboxylic acids is 1. The highest BCUT2D eigenvalue weighted by Gasteiger charge is 2.23. The molecule has 0 bridgehead atoms. The minimum Gasteiger partial charge on any atom is -0.488 e. The standard InChI is InChI=1S/C24H22FNO2/c25-19-14-12-17(13-15-19)16-28-23-11-4-3-9-21(23)24(27)26-22-10-5-7-18-6-1-2-8-20(18)22/h1-4,6,8-9,11-15,22H,5,7,10,16H2,(H,26,27). The molecule has 0 saturated carbocycles. The Balaban J connectivity index is 1.49. The van der Waals surface area contributed by atoms with E-state index in [1.807, 2.05) is 24.3 Å². The van der Waals surface area contributed by atoms with Crippen LogP contribution in [-0.4, -0.2) is 5.91 Å². The summed E-state index contributed by atoms with van der Waals surface area (Å²) in [4.78, 5) is 13.0. The normalized spacial score (nSPS) is 15.5. The Morgan fingerprint density at radius 1 is 1.00 bits per heavy atom. The molecule has 4 rings (SSSR count). The van der Waals surface area contributed by atoms with Crippen molar-refractivity contribution in [3.05, 3.63) is 101 Å². The number of fused-ring (bicyclic) bond motifs is 1. The van der Waals surface area contributed by atoms with E-state index >= 15 is 0 Å². The van der Waals surface area contributed by atoms with Crippen LogP contribution in [0.3, 0.4) is 0 Å². The zero-order valence-corrected chi connectivity index (χ0v) is 15.5. The lowest BCUT2D eigenvalue weighted by Crippen LogP contribution is -2.31. The average molecular weight is 375 g/mol. The molecule has 0 heterocycles. The number of rotatable bonds is 5. The SMILES string of the molecule is O=C(NC1CCCc2ccccc21)c1ccccc1OCc1ccc(F)cc1. The maximum absolute atomic E-state index is 13.1. The van der Waals surface area contributed by atoms with Crippen LogP contribution in [0.1, 0.15) is 45.9 Å². The van der Waals surface area contributed by atoms with Crippen LogP contribution in [-0.2, 0) is 13.0 Å². The number of nitrogens with one attached hydrogen (secondary N) is 1. The van der Waals surface area contributed by atoms with Gasteiger partial charge in [0.1, 0.15) is 18.2 Å². The van der Waals surface area contributed by atoms with Crippen LogP contribution in [0, 0.1) is 5.82 Å². The Kier molecular flexibility index (Phi) is 5.38. The van der Waals surface area contributed by atoms with Crippen molar-refractivity contribution in [2.24, 2.45) is 0 Å². The summed E-state index contributed by atoms with van der Waals surface area (Å²) in [7, 11) is 0. The lowest BCUT2D eigenvalue weighted by Gasteiger charge is -2.26. The fourth-order valence-corrected chi connectivity index (χ4v) is 3.66. The van der Waals surface area contributed by atoms with Gasteiger partial charge in [-0.05, 0) is 60.2 Å². The molecule has 142 valence electrons. The number of carbonyl (C=O) groups is 1. The molecule has 4 heteroatoms. The first kappa shape index (κ1) is 18.2. The molecule has 1 aliphatic rings. The molecule has 0 fully saturated rings. The van der Waals surface area contributed by atoms with Crippen LogP contribution in [0.2, 0.25) is 0 Å². The quantitative estimate of drug-likeness (QED) is 0.665. The third kappa shape index (κ3) is 4.06. The van der Waals surface area contributed by atoms with Crippen molar-refractivity contribution >= 4 is 5.91 Å². The molecule has 1 aliphatic carbocycles. The van der Waals surface area contributed by atoms with Gasteiger partial charge in [0, 0.05) is 0 Å². The second-order valence-corrected chi connectivity index (χ2v) is 7.03. The van der Waals surface area contributed by atoms with Gasteiger partial charge in [0.2, 0.25) is 0 Å². The third-order valence-corrected chi connectivity index (χ3v) is 5.11. The van der Waals surface area contributed by atoms with E-state index in [1.54, 1.807) is 24.3 Å². The van der Waals surface area contributed by atoms with Gasteiger partial charge < -0.3 is 10.1 Å². The number of hydrogen-bond donors (Lipinski definition) is 1. The van der Waals surface area contributed by atoms with Crippen molar-refractivity contribution in [2.75, 3.05) is 0 Å². The maximum Gasteiger partial charge on any atom is 0.255 e. The molecule has 0 aliphatic heterocycles. The van der Waals surface area contributed by atoms with Gasteiger partial charge in [-0.25, -0.2) is 4.39 Å². The smallest absolute Gasteiger partial charge is 0.255 e. The van der Waals surface area contributed by atoms with Crippen molar-refractivity contribution in [2.45, 2.75) is 31.9 Å². The summed E-state index contributed by atoms with van der Waals surface area (Å²) in [6.45, 7) is 0.275. The summed E-state index contributed by atoms with van der Waals surface area (Å²) >= 11 is 0. The topological polar surface area (TPSA) is 38.3 Å². The molecule has 0 saturated heterocycles. The zero-order chi connectivity index (χ0) is 19.3. The molecule has 1 amide bonds. The van der Waals surface area contributed by atoms with Gasteiger partial charge in [0.15, 0.2) is 0 Å². The average Bonchev–Trinajstić information content (AvgIpc) is 2.74. The van der Waals surface area contributed by atoms with E-state index in [-0.39, 0.29) is 24.4 Å². The summed E-state index contributed by atoms with van der Waals surface area (Å²) in [5.74, 6) is 0.0983. The molecule has 0 spiro atoms. The van der Waals surface area contributed by atoms with Crippen LogP contribution >= 0.6 is 0 Å². The zero-order valence-electron chi connectivity index (χ0n) is 15.5. The highest BCUT2D eigenvalue weighted by Crippen LogP contribution is 2.30. The highest BCUT2D eigenvalue weighted by molar-refractivity contribution is 5.97. The van der Waals surface area contributed by atoms with Gasteiger partial charge in [0.25, 0.3) is 5.91 Å². The molecule has 3 aromatic carbocycles. The number of para-hydroxylation sites is 1. The van der Waals surface area contributed by atoms with Crippen LogP contribution in [0.5, 0.6) is 5.75 Å². The number of hydrogen-bond acceptors (Lipinski definition) is 2. The Hall–Kier alpha value is -3.14. The van der Waals surface area contributed by atoms with Crippen LogP contribution in [0.4, 0.5) is 4.39 Å².